The SMILES string of the molecule is COC[C@@H](c1ccccc1)n1c(COC(C)C)nc(=O)c(S(=O)(=O)c2ccc(Br)c(F)c2)c1O. The van der Waals surface area contributed by atoms with E-state index in [0.29, 0.717) is 5.56 Å². The molecule has 0 radical (unpaired) electrons. The molecule has 0 aliphatic rings. The molecule has 0 spiro atoms. The summed E-state index contributed by atoms with van der Waals surface area (Å²) in [5.41, 5.74) is -0.502. The minimum absolute atomic E-state index is 0.0167. The second-order valence-electron chi connectivity index (χ2n) is 7.68. The number of sulfone groups is 1. The van der Waals surface area contributed by atoms with Crippen molar-refractivity contribution in [3.63, 3.8) is 0 Å². The van der Waals surface area contributed by atoms with Gasteiger partial charge in [0, 0.05) is 7.11 Å². The van der Waals surface area contributed by atoms with Crippen LogP contribution >= 0.6 is 15.9 Å². The summed E-state index contributed by atoms with van der Waals surface area (Å²) in [5, 5.41) is 11.2. The molecule has 0 bridgehead atoms. The Bertz CT molecular complexity index is 1330. The van der Waals surface area contributed by atoms with E-state index in [0.717, 1.165) is 12.1 Å². The Balaban J connectivity index is 2.31. The summed E-state index contributed by atoms with van der Waals surface area (Å²) in [6.45, 7) is 3.43. The van der Waals surface area contributed by atoms with E-state index in [1.807, 2.05) is 0 Å². The fourth-order valence-corrected chi connectivity index (χ4v) is 4.97. The highest BCUT2D eigenvalue weighted by Crippen LogP contribution is 2.32. The van der Waals surface area contributed by atoms with Crippen LogP contribution in [0.5, 0.6) is 5.88 Å². The second kappa shape index (κ2) is 10.8. The quantitative estimate of drug-likeness (QED) is 0.428. The van der Waals surface area contributed by atoms with Crippen LogP contribution in [0, 0.1) is 5.82 Å². The minimum atomic E-state index is -4.63. The highest BCUT2D eigenvalue weighted by atomic mass is 79.9. The van der Waals surface area contributed by atoms with Crippen LogP contribution in [-0.4, -0.2) is 42.9 Å². The summed E-state index contributed by atoms with van der Waals surface area (Å²) in [6, 6.07) is 11.3. The topological polar surface area (TPSA) is 108 Å². The molecular formula is C23H24BrFN2O6S. The number of methoxy groups -OCH3 is 1. The molecule has 3 rings (SSSR count). The van der Waals surface area contributed by atoms with Gasteiger partial charge in [0.25, 0.3) is 5.56 Å². The van der Waals surface area contributed by atoms with Gasteiger partial charge < -0.3 is 14.6 Å². The normalized spacial score (nSPS) is 12.8. The molecule has 0 aliphatic carbocycles. The largest absolute Gasteiger partial charge is 0.493 e. The van der Waals surface area contributed by atoms with Gasteiger partial charge in [0.1, 0.15) is 18.2 Å². The van der Waals surface area contributed by atoms with Gasteiger partial charge in [-0.15, -0.1) is 0 Å². The maximum absolute atomic E-state index is 14.1. The van der Waals surface area contributed by atoms with Crippen molar-refractivity contribution in [3.05, 3.63) is 80.6 Å². The zero-order valence-corrected chi connectivity index (χ0v) is 21.1. The molecule has 0 amide bonds. The summed E-state index contributed by atoms with van der Waals surface area (Å²) in [4.78, 5) is 15.4. The van der Waals surface area contributed by atoms with Gasteiger partial charge in [-0.05, 0) is 53.5 Å². The van der Waals surface area contributed by atoms with Gasteiger partial charge in [0.2, 0.25) is 15.7 Å². The molecule has 1 aromatic heterocycles. The summed E-state index contributed by atoms with van der Waals surface area (Å²) in [5.74, 6) is -1.66. The average Bonchev–Trinajstić information content (AvgIpc) is 2.78. The Labute approximate surface area is 205 Å². The molecular weight excluding hydrogens is 531 g/mol. The number of benzene rings is 2. The van der Waals surface area contributed by atoms with Crippen molar-refractivity contribution < 1.29 is 27.4 Å². The van der Waals surface area contributed by atoms with Crippen LogP contribution < -0.4 is 5.56 Å². The smallest absolute Gasteiger partial charge is 0.296 e. The van der Waals surface area contributed by atoms with Crippen LogP contribution in [0.2, 0.25) is 0 Å². The van der Waals surface area contributed by atoms with Crippen molar-refractivity contribution in [2.75, 3.05) is 13.7 Å². The lowest BCUT2D eigenvalue weighted by atomic mass is 10.1. The van der Waals surface area contributed by atoms with Gasteiger partial charge in [0.15, 0.2) is 4.90 Å². The van der Waals surface area contributed by atoms with Gasteiger partial charge in [-0.3, -0.25) is 9.36 Å². The zero-order chi connectivity index (χ0) is 25.0. The number of aromatic hydroxyl groups is 1. The van der Waals surface area contributed by atoms with Crippen molar-refractivity contribution in [1.29, 1.82) is 0 Å². The molecule has 3 aromatic rings. The van der Waals surface area contributed by atoms with Crippen molar-refractivity contribution in [3.8, 4) is 5.88 Å². The van der Waals surface area contributed by atoms with Crippen LogP contribution in [0.4, 0.5) is 4.39 Å². The van der Waals surface area contributed by atoms with Crippen molar-refractivity contribution in [1.82, 2.24) is 9.55 Å². The van der Waals surface area contributed by atoms with Crippen LogP contribution in [0.15, 0.2) is 67.6 Å². The highest BCUT2D eigenvalue weighted by molar-refractivity contribution is 9.10. The summed E-state index contributed by atoms with van der Waals surface area (Å²) in [7, 11) is -3.18. The predicted molar refractivity (Wildman–Crippen MR) is 126 cm³/mol. The monoisotopic (exact) mass is 554 g/mol. The van der Waals surface area contributed by atoms with Crippen LogP contribution in [0.3, 0.4) is 0 Å². The molecule has 0 saturated heterocycles. The van der Waals surface area contributed by atoms with Gasteiger partial charge in [-0.2, -0.15) is 4.98 Å². The highest BCUT2D eigenvalue weighted by Gasteiger charge is 2.32. The molecule has 11 heteroatoms. The Hall–Kier alpha value is -2.60. The van der Waals surface area contributed by atoms with E-state index in [1.54, 1.807) is 44.2 Å². The van der Waals surface area contributed by atoms with E-state index >= 15 is 0 Å². The summed E-state index contributed by atoms with van der Waals surface area (Å²) < 4.78 is 52.9. The fourth-order valence-electron chi connectivity index (χ4n) is 3.37. The van der Waals surface area contributed by atoms with Gasteiger partial charge in [0.05, 0.1) is 28.1 Å². The van der Waals surface area contributed by atoms with E-state index in [9.17, 15) is 22.7 Å². The van der Waals surface area contributed by atoms with Crippen molar-refractivity contribution >= 4 is 25.8 Å². The molecule has 1 N–H and O–H groups in total. The summed E-state index contributed by atoms with van der Waals surface area (Å²) in [6.07, 6.45) is -0.223. The Morgan fingerprint density at radius 1 is 1.18 bits per heavy atom. The van der Waals surface area contributed by atoms with Crippen LogP contribution in [-0.2, 0) is 25.9 Å². The van der Waals surface area contributed by atoms with Crippen molar-refractivity contribution in [2.24, 2.45) is 0 Å². The molecule has 1 heterocycles. The molecule has 182 valence electrons. The van der Waals surface area contributed by atoms with E-state index in [2.05, 4.69) is 20.9 Å². The first-order valence-corrected chi connectivity index (χ1v) is 12.6. The third-order valence-electron chi connectivity index (χ3n) is 4.97. The van der Waals surface area contributed by atoms with Crippen molar-refractivity contribution in [2.45, 2.75) is 42.4 Å². The number of aromatic nitrogens is 2. The second-order valence-corrected chi connectivity index (χ2v) is 10.4. The van der Waals surface area contributed by atoms with E-state index < -0.39 is 42.9 Å². The van der Waals surface area contributed by atoms with Crippen LogP contribution in [0.25, 0.3) is 0 Å². The first-order valence-electron chi connectivity index (χ1n) is 10.3. The predicted octanol–water partition coefficient (Wildman–Crippen LogP) is 3.84. The molecule has 0 fully saturated rings. The fraction of sp³-hybridized carbons (Fsp3) is 0.304. The number of hydrogen-bond donors (Lipinski definition) is 1. The Morgan fingerprint density at radius 2 is 1.85 bits per heavy atom. The molecule has 1 atom stereocenters. The Kier molecular flexibility index (Phi) is 8.24. The third-order valence-corrected chi connectivity index (χ3v) is 7.38. The molecule has 0 unspecified atom stereocenters. The van der Waals surface area contributed by atoms with Crippen LogP contribution in [0.1, 0.15) is 31.3 Å². The lowest BCUT2D eigenvalue weighted by molar-refractivity contribution is 0.0554. The molecule has 8 nitrogen and oxygen atoms in total. The zero-order valence-electron chi connectivity index (χ0n) is 18.7. The maximum Gasteiger partial charge on any atom is 0.296 e. The van der Waals surface area contributed by atoms with E-state index in [1.165, 1.54) is 17.7 Å². The molecule has 0 aliphatic heterocycles. The first-order chi connectivity index (χ1) is 16.1. The first kappa shape index (κ1) is 26.0. The number of hydrogen-bond acceptors (Lipinski definition) is 7. The van der Waals surface area contributed by atoms with E-state index in [4.69, 9.17) is 9.47 Å². The van der Waals surface area contributed by atoms with Gasteiger partial charge in [-0.1, -0.05) is 30.3 Å². The number of halogens is 2. The standard InChI is InChI=1S/C23H24BrFN2O6S/c1-14(2)33-13-20-26-22(28)21(34(30,31)16-9-10-17(24)18(25)11-16)23(29)27(20)19(12-32-3)15-7-5-4-6-8-15/h4-11,14,19,29H,12-13H2,1-3H3/t19-/m0/s1. The summed E-state index contributed by atoms with van der Waals surface area (Å²) >= 11 is 2.97. The van der Waals surface area contributed by atoms with E-state index in [-0.39, 0.29) is 29.6 Å². The number of ether oxygens (including phenoxy) is 2. The minimum Gasteiger partial charge on any atom is -0.493 e. The third kappa shape index (κ3) is 5.38. The molecule has 0 saturated carbocycles. The van der Waals surface area contributed by atoms with Gasteiger partial charge in [-0.25, -0.2) is 12.8 Å². The number of nitrogens with zero attached hydrogens (tertiary/aromatic N) is 2. The molecule has 34 heavy (non-hydrogen) atoms. The maximum atomic E-state index is 14.1. The van der Waals surface area contributed by atoms with Gasteiger partial charge >= 0.3 is 0 Å². The Morgan fingerprint density at radius 3 is 2.44 bits per heavy atom. The number of rotatable bonds is 9. The molecule has 2 aromatic carbocycles. The lowest BCUT2D eigenvalue weighted by Gasteiger charge is -2.25. The lowest BCUT2D eigenvalue weighted by Crippen LogP contribution is -2.29. The average molecular weight is 555 g/mol.